The molecule has 0 unspecified atom stereocenters. The van der Waals surface area contributed by atoms with E-state index in [2.05, 4.69) is 20.9 Å². The molecular weight excluding hydrogens is 510 g/mol. The van der Waals surface area contributed by atoms with Crippen LogP contribution in [0.2, 0.25) is 0 Å². The molecule has 0 aliphatic heterocycles. The second-order valence-electron chi connectivity index (χ2n) is 9.26. The van der Waals surface area contributed by atoms with Crippen LogP contribution in [0.4, 0.5) is 32.2 Å². The van der Waals surface area contributed by atoms with Crippen molar-refractivity contribution in [1.29, 1.82) is 5.41 Å². The first-order valence-electron chi connectivity index (χ1n) is 12.1. The zero-order valence-corrected chi connectivity index (χ0v) is 20.8. The van der Waals surface area contributed by atoms with E-state index >= 15 is 0 Å². The summed E-state index contributed by atoms with van der Waals surface area (Å²) in [6.07, 6.45) is 1.58. The topological polar surface area (TPSA) is 81.2 Å². The summed E-state index contributed by atoms with van der Waals surface area (Å²) < 4.78 is 80.3. The van der Waals surface area contributed by atoms with E-state index in [0.717, 1.165) is 32.2 Å². The normalized spacial score (nSPS) is 14.3. The molecule has 1 heterocycles. The number of anilines is 1. The molecule has 6 nitrogen and oxygen atoms in total. The number of pyridine rings is 1. The first-order chi connectivity index (χ1) is 17.8. The summed E-state index contributed by atoms with van der Waals surface area (Å²) >= 11 is 0. The van der Waals surface area contributed by atoms with Crippen molar-refractivity contribution in [3.63, 3.8) is 0 Å². The van der Waals surface area contributed by atoms with Gasteiger partial charge in [0.1, 0.15) is 5.82 Å². The van der Waals surface area contributed by atoms with E-state index < -0.39 is 36.0 Å². The van der Waals surface area contributed by atoms with Crippen molar-refractivity contribution in [3.8, 4) is 12.3 Å². The SMILES string of the molecule is C#Cc1cnc(N(CC)CC2CCCC2)c(CN(Cc2cc(C(F)(F)F)cc(C(F)(F)F)c2)C(=N)N=[NH2+])c1. The molecule has 0 atom stereocenters. The van der Waals surface area contributed by atoms with Crippen LogP contribution in [0.15, 0.2) is 35.6 Å². The van der Waals surface area contributed by atoms with E-state index in [1.165, 1.54) is 11.1 Å². The third kappa shape index (κ3) is 7.24. The molecule has 38 heavy (non-hydrogen) atoms. The van der Waals surface area contributed by atoms with Crippen LogP contribution < -0.4 is 10.4 Å². The standard InChI is InChI=1S/C26H28F6N6/c1-3-17-9-20(23(35-13-17)37(4-2)14-18-7-5-6-8-18)16-38(24(33)36-34)15-19-10-21(25(27,28)29)12-22(11-19)26(30,31)32/h1,9-13,18,33-34H,4-8,14-16H2,2H3/p+1. The lowest BCUT2D eigenvalue weighted by Gasteiger charge is -2.29. The number of hydrogen-bond acceptors (Lipinski definition) is 3. The van der Waals surface area contributed by atoms with Gasteiger partial charge in [-0.05, 0) is 55.5 Å². The van der Waals surface area contributed by atoms with Crippen molar-refractivity contribution in [2.24, 2.45) is 11.0 Å². The highest BCUT2D eigenvalue weighted by Gasteiger charge is 2.37. The van der Waals surface area contributed by atoms with Gasteiger partial charge in [-0.3, -0.25) is 5.41 Å². The van der Waals surface area contributed by atoms with Crippen LogP contribution in [0.3, 0.4) is 0 Å². The fourth-order valence-corrected chi connectivity index (χ4v) is 4.68. The Balaban J connectivity index is 2.00. The molecule has 0 spiro atoms. The van der Waals surface area contributed by atoms with Gasteiger partial charge in [0.15, 0.2) is 0 Å². The van der Waals surface area contributed by atoms with Gasteiger partial charge in [0.25, 0.3) is 5.96 Å². The number of aromatic nitrogens is 1. The number of nitrogens with two attached hydrogens (primary N) is 1. The minimum absolute atomic E-state index is 0.0625. The first-order valence-corrected chi connectivity index (χ1v) is 12.1. The summed E-state index contributed by atoms with van der Waals surface area (Å²) in [6, 6.07) is 2.99. The van der Waals surface area contributed by atoms with Crippen molar-refractivity contribution >= 4 is 11.8 Å². The van der Waals surface area contributed by atoms with Crippen molar-refractivity contribution in [3.05, 3.63) is 58.3 Å². The second kappa shape index (κ2) is 11.8. The Hall–Kier alpha value is -3.62. The van der Waals surface area contributed by atoms with E-state index in [0.29, 0.717) is 41.5 Å². The molecule has 2 aromatic rings. The number of halogens is 6. The van der Waals surface area contributed by atoms with E-state index in [4.69, 9.17) is 17.4 Å². The van der Waals surface area contributed by atoms with Gasteiger partial charge in [-0.1, -0.05) is 18.8 Å². The summed E-state index contributed by atoms with van der Waals surface area (Å²) in [5, 5.41) is 11.5. The third-order valence-electron chi connectivity index (χ3n) is 6.55. The summed E-state index contributed by atoms with van der Waals surface area (Å²) in [4.78, 5) is 7.78. The van der Waals surface area contributed by atoms with Crippen LogP contribution >= 0.6 is 0 Å². The highest BCUT2D eigenvalue weighted by molar-refractivity contribution is 5.76. The minimum Gasteiger partial charge on any atom is -0.356 e. The fraction of sp³-hybridized carbons (Fsp3) is 0.462. The van der Waals surface area contributed by atoms with Crippen molar-refractivity contribution < 1.29 is 31.9 Å². The van der Waals surface area contributed by atoms with Crippen LogP contribution in [-0.2, 0) is 25.4 Å². The molecule has 1 aliphatic carbocycles. The van der Waals surface area contributed by atoms with Crippen molar-refractivity contribution in [2.45, 2.75) is 58.0 Å². The Labute approximate surface area is 217 Å². The number of terminal acetylenes is 1. The Morgan fingerprint density at radius 2 is 1.68 bits per heavy atom. The Kier molecular flexibility index (Phi) is 9.01. The Morgan fingerprint density at radius 3 is 2.18 bits per heavy atom. The third-order valence-corrected chi connectivity index (χ3v) is 6.55. The van der Waals surface area contributed by atoms with Gasteiger partial charge in [0.2, 0.25) is 0 Å². The summed E-state index contributed by atoms with van der Waals surface area (Å²) in [7, 11) is 0. The number of guanidine groups is 1. The molecule has 3 rings (SSSR count). The minimum atomic E-state index is -4.99. The number of hydrogen-bond donors (Lipinski definition) is 2. The summed E-state index contributed by atoms with van der Waals surface area (Å²) in [5.41, 5.74) is 3.11. The molecule has 0 amide bonds. The number of nitrogens with one attached hydrogen (secondary N) is 1. The van der Waals surface area contributed by atoms with Gasteiger partial charge >= 0.3 is 12.4 Å². The van der Waals surface area contributed by atoms with E-state index in [9.17, 15) is 26.3 Å². The Morgan fingerprint density at radius 1 is 1.08 bits per heavy atom. The highest BCUT2D eigenvalue weighted by Crippen LogP contribution is 2.37. The highest BCUT2D eigenvalue weighted by atomic mass is 19.4. The van der Waals surface area contributed by atoms with E-state index in [1.807, 2.05) is 6.92 Å². The zero-order valence-electron chi connectivity index (χ0n) is 20.8. The van der Waals surface area contributed by atoms with E-state index in [1.54, 1.807) is 6.07 Å². The quantitative estimate of drug-likeness (QED) is 0.158. The number of nitrogens with zero attached hydrogens (tertiary/aromatic N) is 4. The largest absolute Gasteiger partial charge is 0.416 e. The number of alkyl halides is 6. The maximum absolute atomic E-state index is 13.4. The molecular formula is C26H29F6N6+. The molecule has 0 radical (unpaired) electrons. The number of rotatable bonds is 8. The lowest BCUT2D eigenvalue weighted by molar-refractivity contribution is -0.209. The average molecular weight is 540 g/mol. The molecule has 1 saturated carbocycles. The predicted molar refractivity (Wildman–Crippen MR) is 130 cm³/mol. The van der Waals surface area contributed by atoms with Gasteiger partial charge < -0.3 is 9.80 Å². The van der Waals surface area contributed by atoms with Gasteiger partial charge in [-0.2, -0.15) is 26.3 Å². The van der Waals surface area contributed by atoms with Crippen LogP contribution in [-0.4, -0.2) is 28.9 Å². The zero-order chi connectivity index (χ0) is 28.1. The molecule has 204 valence electrons. The molecule has 0 saturated heterocycles. The lowest BCUT2D eigenvalue weighted by atomic mass is 10.0. The van der Waals surface area contributed by atoms with Gasteiger partial charge in [0, 0.05) is 42.1 Å². The van der Waals surface area contributed by atoms with Gasteiger partial charge in [-0.15, -0.1) is 12.0 Å². The van der Waals surface area contributed by atoms with Crippen molar-refractivity contribution in [1.82, 2.24) is 9.88 Å². The molecule has 1 fully saturated rings. The van der Waals surface area contributed by atoms with Crippen LogP contribution in [0.1, 0.15) is 60.4 Å². The van der Waals surface area contributed by atoms with Crippen LogP contribution in [0.5, 0.6) is 0 Å². The molecule has 1 aromatic carbocycles. The lowest BCUT2D eigenvalue weighted by Crippen LogP contribution is -2.37. The first kappa shape index (κ1) is 28.9. The second-order valence-corrected chi connectivity index (χ2v) is 9.26. The monoisotopic (exact) mass is 539 g/mol. The van der Waals surface area contributed by atoms with Crippen molar-refractivity contribution in [2.75, 3.05) is 18.0 Å². The summed E-state index contributed by atoms with van der Waals surface area (Å²) in [5.74, 6) is 3.03. The smallest absolute Gasteiger partial charge is 0.356 e. The molecule has 0 bridgehead atoms. The van der Waals surface area contributed by atoms with E-state index in [-0.39, 0.29) is 18.2 Å². The molecule has 3 N–H and O–H groups in total. The van der Waals surface area contributed by atoms with Gasteiger partial charge in [-0.25, -0.2) is 4.98 Å². The predicted octanol–water partition coefficient (Wildman–Crippen LogP) is 5.27. The Bertz CT molecular complexity index is 1160. The molecule has 1 aliphatic rings. The average Bonchev–Trinajstić information content (AvgIpc) is 3.38. The van der Waals surface area contributed by atoms with Crippen LogP contribution in [0.25, 0.3) is 0 Å². The maximum Gasteiger partial charge on any atom is 0.416 e. The van der Waals surface area contributed by atoms with Crippen LogP contribution in [0, 0.1) is 23.7 Å². The summed E-state index contributed by atoms with van der Waals surface area (Å²) in [6.45, 7) is 2.73. The fourth-order valence-electron chi connectivity index (χ4n) is 4.68. The number of benzene rings is 1. The molecule has 12 heteroatoms. The van der Waals surface area contributed by atoms with Gasteiger partial charge in [0.05, 0.1) is 17.7 Å². The molecule has 1 aromatic heterocycles. The maximum atomic E-state index is 13.4.